The van der Waals surface area contributed by atoms with Crippen LogP contribution < -0.4 is 11.1 Å². The molecule has 2 unspecified atom stereocenters. The monoisotopic (exact) mass is 258 g/mol. The quantitative estimate of drug-likeness (QED) is 0.782. The highest BCUT2D eigenvalue weighted by atomic mass is 16.2. The maximum Gasteiger partial charge on any atom is 0.318 e. The Hall–Kier alpha value is -2.01. The van der Waals surface area contributed by atoms with E-state index in [-0.39, 0.29) is 18.1 Å². The van der Waals surface area contributed by atoms with Gasteiger partial charge in [-0.05, 0) is 13.0 Å². The van der Waals surface area contributed by atoms with Gasteiger partial charge in [-0.1, -0.05) is 18.2 Å². The number of benzene rings is 1. The Morgan fingerprint density at radius 3 is 3.05 bits per heavy atom. The fourth-order valence-electron chi connectivity index (χ4n) is 2.65. The third kappa shape index (κ3) is 2.17. The highest BCUT2D eigenvalue weighted by Gasteiger charge is 2.31. The minimum atomic E-state index is -0.0346. The number of nitrogens with zero attached hydrogens (tertiary/aromatic N) is 1. The summed E-state index contributed by atoms with van der Waals surface area (Å²) in [6.45, 7) is 3.17. The second-order valence-electron chi connectivity index (χ2n) is 5.17. The van der Waals surface area contributed by atoms with Gasteiger partial charge in [0.1, 0.15) is 0 Å². The molecular weight excluding hydrogens is 240 g/mol. The van der Waals surface area contributed by atoms with Crippen molar-refractivity contribution >= 4 is 16.9 Å². The number of hydrogen-bond acceptors (Lipinski definition) is 2. The van der Waals surface area contributed by atoms with E-state index in [1.54, 1.807) is 4.90 Å². The van der Waals surface area contributed by atoms with E-state index in [4.69, 9.17) is 5.73 Å². The molecule has 0 spiro atoms. The molecule has 0 aliphatic carbocycles. The van der Waals surface area contributed by atoms with Crippen LogP contribution in [0.2, 0.25) is 0 Å². The first-order valence-corrected chi connectivity index (χ1v) is 6.52. The van der Waals surface area contributed by atoms with Crippen LogP contribution in [0.15, 0.2) is 30.5 Å². The lowest BCUT2D eigenvalue weighted by Crippen LogP contribution is -2.37. The molecule has 2 atom stereocenters. The van der Waals surface area contributed by atoms with Crippen LogP contribution in [0.25, 0.3) is 10.9 Å². The molecule has 2 aromatic rings. The van der Waals surface area contributed by atoms with Gasteiger partial charge in [-0.25, -0.2) is 4.79 Å². The SMILES string of the molecule is CC(N)CN1CC(c2c[nH]c3ccccc23)NC1=O. The lowest BCUT2D eigenvalue weighted by molar-refractivity contribution is 0.215. The molecule has 1 fully saturated rings. The first kappa shape index (κ1) is 12.0. The molecule has 5 heteroatoms. The van der Waals surface area contributed by atoms with Gasteiger partial charge in [0.05, 0.1) is 6.04 Å². The van der Waals surface area contributed by atoms with E-state index in [0.717, 1.165) is 16.5 Å². The van der Waals surface area contributed by atoms with Crippen LogP contribution in [-0.2, 0) is 0 Å². The van der Waals surface area contributed by atoms with E-state index in [2.05, 4.69) is 16.4 Å². The molecule has 1 aliphatic rings. The largest absolute Gasteiger partial charge is 0.361 e. The molecule has 0 bridgehead atoms. The average Bonchev–Trinajstić information content (AvgIpc) is 2.93. The molecule has 1 aromatic heterocycles. The third-order valence-electron chi connectivity index (χ3n) is 3.49. The number of hydrogen-bond donors (Lipinski definition) is 3. The number of urea groups is 1. The third-order valence-corrected chi connectivity index (χ3v) is 3.49. The predicted molar refractivity (Wildman–Crippen MR) is 74.8 cm³/mol. The number of carbonyl (C=O) groups is 1. The number of carbonyl (C=O) groups excluding carboxylic acids is 1. The average molecular weight is 258 g/mol. The maximum atomic E-state index is 11.9. The van der Waals surface area contributed by atoms with Crippen LogP contribution in [0.4, 0.5) is 4.79 Å². The van der Waals surface area contributed by atoms with E-state index in [1.807, 2.05) is 31.3 Å². The van der Waals surface area contributed by atoms with Crippen LogP contribution in [-0.4, -0.2) is 35.0 Å². The molecule has 1 saturated heterocycles. The van der Waals surface area contributed by atoms with Crippen LogP contribution in [0.3, 0.4) is 0 Å². The zero-order valence-corrected chi connectivity index (χ0v) is 10.9. The topological polar surface area (TPSA) is 74.2 Å². The summed E-state index contributed by atoms with van der Waals surface area (Å²) in [5, 5.41) is 4.18. The van der Waals surface area contributed by atoms with Crippen LogP contribution in [0.1, 0.15) is 18.5 Å². The number of aromatic nitrogens is 1. The highest BCUT2D eigenvalue weighted by Crippen LogP contribution is 2.27. The van der Waals surface area contributed by atoms with Crippen molar-refractivity contribution in [1.29, 1.82) is 0 Å². The number of rotatable bonds is 3. The Kier molecular flexibility index (Phi) is 2.91. The van der Waals surface area contributed by atoms with Gasteiger partial charge in [-0.2, -0.15) is 0 Å². The molecule has 0 radical (unpaired) electrons. The van der Waals surface area contributed by atoms with Gasteiger partial charge in [0.15, 0.2) is 0 Å². The maximum absolute atomic E-state index is 11.9. The van der Waals surface area contributed by atoms with E-state index in [0.29, 0.717) is 13.1 Å². The number of nitrogens with one attached hydrogen (secondary N) is 2. The Labute approximate surface area is 111 Å². The van der Waals surface area contributed by atoms with Crippen molar-refractivity contribution in [3.8, 4) is 0 Å². The summed E-state index contributed by atoms with van der Waals surface area (Å²) in [6.07, 6.45) is 1.98. The van der Waals surface area contributed by atoms with Crippen molar-refractivity contribution in [2.75, 3.05) is 13.1 Å². The summed E-state index contributed by atoms with van der Waals surface area (Å²) >= 11 is 0. The Morgan fingerprint density at radius 1 is 1.47 bits per heavy atom. The van der Waals surface area contributed by atoms with Gasteiger partial charge in [0.25, 0.3) is 0 Å². The Morgan fingerprint density at radius 2 is 2.26 bits per heavy atom. The number of para-hydroxylation sites is 1. The van der Waals surface area contributed by atoms with Gasteiger partial charge in [0.2, 0.25) is 0 Å². The van der Waals surface area contributed by atoms with E-state index in [1.165, 1.54) is 0 Å². The van der Waals surface area contributed by atoms with Crippen LogP contribution in [0.5, 0.6) is 0 Å². The minimum Gasteiger partial charge on any atom is -0.361 e. The van der Waals surface area contributed by atoms with E-state index in [9.17, 15) is 4.79 Å². The van der Waals surface area contributed by atoms with Crippen molar-refractivity contribution in [3.05, 3.63) is 36.0 Å². The standard InChI is InChI=1S/C14H18N4O/c1-9(15)7-18-8-13(17-14(18)19)11-6-16-12-5-3-2-4-10(11)12/h2-6,9,13,16H,7-8,15H2,1H3,(H,17,19). The van der Waals surface area contributed by atoms with Gasteiger partial charge < -0.3 is 20.9 Å². The summed E-state index contributed by atoms with van der Waals surface area (Å²) in [6, 6.07) is 8.10. The molecule has 100 valence electrons. The second kappa shape index (κ2) is 4.59. The Balaban J connectivity index is 1.86. The normalized spacial score (nSPS) is 20.8. The number of aromatic amines is 1. The minimum absolute atomic E-state index is 0.00697. The second-order valence-corrected chi connectivity index (χ2v) is 5.17. The van der Waals surface area contributed by atoms with Gasteiger partial charge in [0, 0.05) is 41.8 Å². The smallest absolute Gasteiger partial charge is 0.318 e. The number of amides is 2. The summed E-state index contributed by atoms with van der Waals surface area (Å²) in [5.41, 5.74) is 7.99. The first-order chi connectivity index (χ1) is 9.15. The molecule has 1 aliphatic heterocycles. The zero-order valence-electron chi connectivity index (χ0n) is 10.9. The number of fused-ring (bicyclic) bond motifs is 1. The molecule has 4 N–H and O–H groups in total. The molecule has 2 amide bonds. The van der Waals surface area contributed by atoms with Crippen LogP contribution >= 0.6 is 0 Å². The molecule has 19 heavy (non-hydrogen) atoms. The zero-order chi connectivity index (χ0) is 13.4. The summed E-state index contributed by atoms with van der Waals surface area (Å²) in [4.78, 5) is 16.9. The van der Waals surface area contributed by atoms with Gasteiger partial charge in [-0.3, -0.25) is 0 Å². The lowest BCUT2D eigenvalue weighted by Gasteiger charge is -2.16. The molecule has 3 rings (SSSR count). The Bertz CT molecular complexity index is 604. The lowest BCUT2D eigenvalue weighted by atomic mass is 10.1. The van der Waals surface area contributed by atoms with Crippen molar-refractivity contribution in [2.24, 2.45) is 5.73 Å². The predicted octanol–water partition coefficient (Wildman–Crippen LogP) is 1.58. The van der Waals surface area contributed by atoms with Crippen molar-refractivity contribution in [3.63, 3.8) is 0 Å². The van der Waals surface area contributed by atoms with Gasteiger partial charge >= 0.3 is 6.03 Å². The molecule has 1 aromatic carbocycles. The number of nitrogens with two attached hydrogens (primary N) is 1. The highest BCUT2D eigenvalue weighted by molar-refractivity contribution is 5.85. The molecule has 2 heterocycles. The van der Waals surface area contributed by atoms with E-state index >= 15 is 0 Å². The summed E-state index contributed by atoms with van der Waals surface area (Å²) < 4.78 is 0. The van der Waals surface area contributed by atoms with E-state index < -0.39 is 0 Å². The summed E-state index contributed by atoms with van der Waals surface area (Å²) in [5.74, 6) is 0. The molecular formula is C14H18N4O. The van der Waals surface area contributed by atoms with Crippen molar-refractivity contribution in [1.82, 2.24) is 15.2 Å². The summed E-state index contributed by atoms with van der Waals surface area (Å²) in [7, 11) is 0. The van der Waals surface area contributed by atoms with Crippen molar-refractivity contribution < 1.29 is 4.79 Å². The molecule has 5 nitrogen and oxygen atoms in total. The van der Waals surface area contributed by atoms with Crippen molar-refractivity contribution in [2.45, 2.75) is 19.0 Å². The molecule has 0 saturated carbocycles. The van der Waals surface area contributed by atoms with Gasteiger partial charge in [-0.15, -0.1) is 0 Å². The number of H-pyrrole nitrogens is 1. The fraction of sp³-hybridized carbons (Fsp3) is 0.357. The van der Waals surface area contributed by atoms with Crippen LogP contribution in [0, 0.1) is 0 Å². The fourth-order valence-corrected chi connectivity index (χ4v) is 2.65. The first-order valence-electron chi connectivity index (χ1n) is 6.52.